The maximum Gasteiger partial charge on any atom is 0.321 e. The average Bonchev–Trinajstić information content (AvgIpc) is 2.70. The number of carbonyl (C=O) groups excluding carboxylic acids is 2. The van der Waals surface area contributed by atoms with Crippen LogP contribution in [0.15, 0.2) is 28.0 Å². The molecule has 12 heteroatoms. The number of likely N-dealkylation sites (tertiary alicyclic amines) is 1. The van der Waals surface area contributed by atoms with Crippen molar-refractivity contribution < 1.29 is 27.7 Å². The van der Waals surface area contributed by atoms with E-state index in [-0.39, 0.29) is 22.5 Å². The number of nitrogens with one attached hydrogen (secondary N) is 1. The fourth-order valence-corrected chi connectivity index (χ4v) is 4.50. The molecule has 1 aliphatic rings. The maximum atomic E-state index is 12.3. The summed E-state index contributed by atoms with van der Waals surface area (Å²) in [6.07, 6.45) is 4.46. The zero-order chi connectivity index (χ0) is 21.6. The average molecular weight is 446 g/mol. The molecule has 1 N–H and O–H groups in total. The lowest BCUT2D eigenvalue weighted by molar-refractivity contribution is -0.388. The van der Waals surface area contributed by atoms with Gasteiger partial charge in [0.25, 0.3) is 11.6 Å². The lowest BCUT2D eigenvalue weighted by Gasteiger charge is -2.33. The van der Waals surface area contributed by atoms with E-state index in [1.54, 1.807) is 11.2 Å². The first-order valence-electron chi connectivity index (χ1n) is 8.93. The zero-order valence-electron chi connectivity index (χ0n) is 16.1. The summed E-state index contributed by atoms with van der Waals surface area (Å²) in [5.41, 5.74) is -0.343. The summed E-state index contributed by atoms with van der Waals surface area (Å²) in [6.45, 7) is 1.38. The van der Waals surface area contributed by atoms with Gasteiger partial charge >= 0.3 is 5.97 Å². The fourth-order valence-electron chi connectivity index (χ4n) is 2.96. The highest BCUT2D eigenvalue weighted by molar-refractivity contribution is 7.98. The van der Waals surface area contributed by atoms with Crippen molar-refractivity contribution in [2.45, 2.75) is 42.0 Å². The first kappa shape index (κ1) is 23.1. The Morgan fingerprint density at radius 1 is 1.38 bits per heavy atom. The minimum absolute atomic E-state index is 0.0773. The fraction of sp³-hybridized carbons (Fsp3) is 0.529. The Hall–Kier alpha value is -2.18. The van der Waals surface area contributed by atoms with Crippen LogP contribution < -0.4 is 4.72 Å². The lowest BCUT2D eigenvalue weighted by Crippen LogP contribution is -2.44. The highest BCUT2D eigenvalue weighted by Gasteiger charge is 2.25. The van der Waals surface area contributed by atoms with Gasteiger partial charge in [0.05, 0.1) is 14.7 Å². The molecule has 0 aromatic heterocycles. The molecule has 0 radical (unpaired) electrons. The molecule has 1 heterocycles. The highest BCUT2D eigenvalue weighted by Crippen LogP contribution is 2.29. The first-order valence-corrected chi connectivity index (χ1v) is 11.6. The topological polar surface area (TPSA) is 136 Å². The van der Waals surface area contributed by atoms with E-state index in [4.69, 9.17) is 4.74 Å². The number of benzene rings is 1. The monoisotopic (exact) mass is 445 g/mol. The van der Waals surface area contributed by atoms with Crippen molar-refractivity contribution in [1.29, 1.82) is 0 Å². The van der Waals surface area contributed by atoms with Gasteiger partial charge in [-0.05, 0) is 44.6 Å². The minimum atomic E-state index is -4.16. The summed E-state index contributed by atoms with van der Waals surface area (Å²) in [5, 5.41) is 11.1. The minimum Gasteiger partial charge on any atom is -0.455 e. The van der Waals surface area contributed by atoms with Gasteiger partial charge in [-0.15, -0.1) is 11.8 Å². The Morgan fingerprint density at radius 2 is 2.10 bits per heavy atom. The Kier molecular flexibility index (Phi) is 7.99. The number of sulfonamides is 1. The third kappa shape index (κ3) is 6.15. The number of nitro benzene ring substituents is 1. The Labute approximate surface area is 173 Å². The van der Waals surface area contributed by atoms with Gasteiger partial charge < -0.3 is 9.64 Å². The molecule has 29 heavy (non-hydrogen) atoms. The molecule has 1 aromatic carbocycles. The molecule has 0 saturated carbocycles. The van der Waals surface area contributed by atoms with Crippen LogP contribution in [0, 0.1) is 10.1 Å². The number of piperidine rings is 1. The standard InChI is InChI=1S/C17H23N3O7S2/c1-12-5-3-4-8-19(12)16(21)11-27-17(22)10-18-29(25,26)13-6-7-15(28-2)14(9-13)20(23)24/h6-7,9,12,18H,3-5,8,10-11H2,1-2H3/t12-/m0/s1. The van der Waals surface area contributed by atoms with Gasteiger partial charge in [-0.25, -0.2) is 8.42 Å². The highest BCUT2D eigenvalue weighted by atomic mass is 32.2. The molecule has 1 aromatic rings. The predicted molar refractivity (Wildman–Crippen MR) is 106 cm³/mol. The van der Waals surface area contributed by atoms with Crippen LogP contribution in [0.25, 0.3) is 0 Å². The van der Waals surface area contributed by atoms with Crippen LogP contribution in [0.1, 0.15) is 26.2 Å². The molecule has 0 bridgehead atoms. The van der Waals surface area contributed by atoms with E-state index >= 15 is 0 Å². The molecular formula is C17H23N3O7S2. The van der Waals surface area contributed by atoms with Gasteiger partial charge in [0.1, 0.15) is 6.54 Å². The van der Waals surface area contributed by atoms with Crippen LogP contribution >= 0.6 is 11.8 Å². The van der Waals surface area contributed by atoms with Crippen molar-refractivity contribution in [3.8, 4) is 0 Å². The van der Waals surface area contributed by atoms with Crippen LogP contribution in [0.5, 0.6) is 0 Å². The Bertz CT molecular complexity index is 889. The van der Waals surface area contributed by atoms with Crippen LogP contribution in [-0.2, 0) is 24.3 Å². The zero-order valence-corrected chi connectivity index (χ0v) is 17.8. The van der Waals surface area contributed by atoms with E-state index in [1.165, 1.54) is 12.1 Å². The molecule has 1 saturated heterocycles. The molecule has 0 spiro atoms. The van der Waals surface area contributed by atoms with E-state index in [9.17, 15) is 28.1 Å². The van der Waals surface area contributed by atoms with Crippen molar-refractivity contribution in [1.82, 2.24) is 9.62 Å². The van der Waals surface area contributed by atoms with Gasteiger partial charge in [0.15, 0.2) is 6.61 Å². The van der Waals surface area contributed by atoms with Gasteiger partial charge in [0, 0.05) is 18.7 Å². The van der Waals surface area contributed by atoms with Gasteiger partial charge in [-0.2, -0.15) is 4.72 Å². The third-order valence-electron chi connectivity index (χ3n) is 4.54. The molecule has 1 atom stereocenters. The molecule has 10 nitrogen and oxygen atoms in total. The molecule has 1 fully saturated rings. The van der Waals surface area contributed by atoms with Crippen molar-refractivity contribution in [3.05, 3.63) is 28.3 Å². The molecule has 0 unspecified atom stereocenters. The van der Waals surface area contributed by atoms with Crippen molar-refractivity contribution in [3.63, 3.8) is 0 Å². The molecular weight excluding hydrogens is 422 g/mol. The smallest absolute Gasteiger partial charge is 0.321 e. The van der Waals surface area contributed by atoms with E-state index in [0.29, 0.717) is 11.4 Å². The number of thioether (sulfide) groups is 1. The number of nitrogens with zero attached hydrogens (tertiary/aromatic N) is 2. The largest absolute Gasteiger partial charge is 0.455 e. The van der Waals surface area contributed by atoms with Crippen molar-refractivity contribution in [2.24, 2.45) is 0 Å². The number of hydrogen-bond acceptors (Lipinski definition) is 8. The van der Waals surface area contributed by atoms with E-state index in [2.05, 4.69) is 0 Å². The normalized spacial score (nSPS) is 17.0. The second kappa shape index (κ2) is 10.0. The summed E-state index contributed by atoms with van der Waals surface area (Å²) in [7, 11) is -4.16. The summed E-state index contributed by atoms with van der Waals surface area (Å²) in [5.74, 6) is -1.24. The molecule has 0 aliphatic carbocycles. The summed E-state index contributed by atoms with van der Waals surface area (Å²) in [4.78, 5) is 36.0. The first-order chi connectivity index (χ1) is 13.7. The number of ether oxygens (including phenoxy) is 1. The summed E-state index contributed by atoms with van der Waals surface area (Å²) < 4.78 is 31.5. The number of carbonyl (C=O) groups is 2. The number of esters is 1. The van der Waals surface area contributed by atoms with Gasteiger partial charge in [0.2, 0.25) is 10.0 Å². The number of rotatable bonds is 8. The SMILES string of the molecule is CSc1ccc(S(=O)(=O)NCC(=O)OCC(=O)N2CCCC[C@@H]2C)cc1[N+](=O)[O-]. The number of amides is 1. The van der Waals surface area contributed by atoms with Crippen molar-refractivity contribution >= 4 is 39.3 Å². The van der Waals surface area contributed by atoms with Crippen LogP contribution in [0.4, 0.5) is 5.69 Å². The summed E-state index contributed by atoms with van der Waals surface area (Å²) >= 11 is 1.12. The van der Waals surface area contributed by atoms with E-state index in [1.807, 2.05) is 11.6 Å². The summed E-state index contributed by atoms with van der Waals surface area (Å²) in [6, 6.07) is 3.55. The van der Waals surface area contributed by atoms with Crippen LogP contribution in [0.2, 0.25) is 0 Å². The second-order valence-corrected chi connectivity index (χ2v) is 9.12. The van der Waals surface area contributed by atoms with E-state index in [0.717, 1.165) is 37.1 Å². The van der Waals surface area contributed by atoms with Crippen LogP contribution in [0.3, 0.4) is 0 Å². The predicted octanol–water partition coefficient (Wildman–Crippen LogP) is 1.54. The Balaban J connectivity index is 1.92. The molecule has 1 aliphatic heterocycles. The van der Waals surface area contributed by atoms with Gasteiger partial charge in [-0.3, -0.25) is 19.7 Å². The lowest BCUT2D eigenvalue weighted by atomic mass is 10.0. The Morgan fingerprint density at radius 3 is 2.72 bits per heavy atom. The molecule has 2 rings (SSSR count). The van der Waals surface area contributed by atoms with Crippen LogP contribution in [-0.4, -0.2) is 62.1 Å². The number of hydrogen-bond donors (Lipinski definition) is 1. The van der Waals surface area contributed by atoms with Crippen molar-refractivity contribution in [2.75, 3.05) is 26.0 Å². The van der Waals surface area contributed by atoms with E-state index < -0.39 is 34.1 Å². The molecule has 1 amide bonds. The van der Waals surface area contributed by atoms with Gasteiger partial charge in [-0.1, -0.05) is 0 Å². The maximum absolute atomic E-state index is 12.3. The number of nitro groups is 1. The quantitative estimate of drug-likeness (QED) is 0.275. The molecule has 160 valence electrons. The third-order valence-corrected chi connectivity index (χ3v) is 6.73. The second-order valence-electron chi connectivity index (χ2n) is 6.51.